The number of aryl methyl sites for hydroxylation is 1. The van der Waals surface area contributed by atoms with Crippen molar-refractivity contribution in [2.24, 2.45) is 0 Å². The molecule has 0 radical (unpaired) electrons. The number of fused-ring (bicyclic) bond motifs is 1. The van der Waals surface area contributed by atoms with Gasteiger partial charge >= 0.3 is 5.97 Å². The van der Waals surface area contributed by atoms with Crippen molar-refractivity contribution in [2.45, 2.75) is 27.2 Å². The zero-order valence-electron chi connectivity index (χ0n) is 16.7. The lowest BCUT2D eigenvalue weighted by molar-refractivity contribution is -0.120. The Kier molecular flexibility index (Phi) is 5.99. The Morgan fingerprint density at radius 3 is 2.48 bits per heavy atom. The Hall–Kier alpha value is -3.59. The molecule has 0 spiro atoms. The number of ether oxygens (including phenoxy) is 2. The summed E-state index contributed by atoms with van der Waals surface area (Å²) in [7, 11) is 0. The Labute approximate surface area is 169 Å². The average Bonchev–Trinajstić information content (AvgIpc) is 2.98. The summed E-state index contributed by atoms with van der Waals surface area (Å²) in [5, 5.41) is 9.29. The van der Waals surface area contributed by atoms with E-state index in [1.807, 2.05) is 54.8 Å². The minimum absolute atomic E-state index is 0.189. The molecule has 3 aromatic rings. The molecule has 1 aromatic heterocycles. The summed E-state index contributed by atoms with van der Waals surface area (Å²) >= 11 is 0. The highest BCUT2D eigenvalue weighted by molar-refractivity contribution is 6.07. The molecule has 0 atom stereocenters. The molecule has 148 valence electrons. The van der Waals surface area contributed by atoms with Crippen molar-refractivity contribution in [3.63, 3.8) is 0 Å². The lowest BCUT2D eigenvalue weighted by Gasteiger charge is -2.09. The number of hydrogen-bond acceptors (Lipinski definition) is 5. The first-order chi connectivity index (χ1) is 14.0. The summed E-state index contributed by atoms with van der Waals surface area (Å²) in [6.07, 6.45) is -0.195. The van der Waals surface area contributed by atoms with Gasteiger partial charge in [0.2, 0.25) is 0 Å². The van der Waals surface area contributed by atoms with E-state index in [-0.39, 0.29) is 25.4 Å². The van der Waals surface area contributed by atoms with Crippen LogP contribution in [-0.2, 0) is 9.53 Å². The molecule has 0 saturated heterocycles. The minimum atomic E-state index is -0.404. The van der Waals surface area contributed by atoms with Crippen LogP contribution in [0, 0.1) is 25.2 Å². The van der Waals surface area contributed by atoms with Crippen LogP contribution in [0.15, 0.2) is 42.5 Å². The third-order valence-electron chi connectivity index (χ3n) is 4.62. The van der Waals surface area contributed by atoms with Crippen LogP contribution in [0.3, 0.4) is 0 Å². The average molecular weight is 390 g/mol. The molecule has 0 N–H and O–H groups in total. The van der Waals surface area contributed by atoms with Crippen LogP contribution in [0.5, 0.6) is 5.75 Å². The highest BCUT2D eigenvalue weighted by atomic mass is 16.5. The van der Waals surface area contributed by atoms with Crippen LogP contribution in [-0.4, -0.2) is 29.5 Å². The van der Waals surface area contributed by atoms with E-state index >= 15 is 0 Å². The molecule has 0 aliphatic carbocycles. The van der Waals surface area contributed by atoms with Gasteiger partial charge in [-0.3, -0.25) is 4.79 Å². The smallest absolute Gasteiger partial charge is 0.340 e. The number of ketones is 1. The van der Waals surface area contributed by atoms with Gasteiger partial charge in [0.1, 0.15) is 12.4 Å². The number of benzene rings is 2. The van der Waals surface area contributed by atoms with Gasteiger partial charge in [0.05, 0.1) is 30.2 Å². The van der Waals surface area contributed by atoms with Gasteiger partial charge in [-0.25, -0.2) is 4.79 Å². The van der Waals surface area contributed by atoms with Crippen LogP contribution in [0.2, 0.25) is 0 Å². The maximum Gasteiger partial charge on any atom is 0.340 e. The van der Waals surface area contributed by atoms with Crippen molar-refractivity contribution in [2.75, 3.05) is 13.2 Å². The molecule has 29 heavy (non-hydrogen) atoms. The van der Waals surface area contributed by atoms with Gasteiger partial charge in [0.25, 0.3) is 0 Å². The molecule has 0 aliphatic rings. The summed E-state index contributed by atoms with van der Waals surface area (Å²) in [5.74, 6) is -0.249. The van der Waals surface area contributed by atoms with E-state index in [2.05, 4.69) is 0 Å². The van der Waals surface area contributed by atoms with Crippen molar-refractivity contribution in [3.8, 4) is 17.5 Å². The fraction of sp³-hybridized carbons (Fsp3) is 0.261. The molecule has 6 heteroatoms. The van der Waals surface area contributed by atoms with E-state index in [0.717, 1.165) is 22.5 Å². The number of aromatic nitrogens is 1. The summed E-state index contributed by atoms with van der Waals surface area (Å²) in [4.78, 5) is 24.3. The molecular formula is C23H22N2O4. The highest BCUT2D eigenvalue weighted by Crippen LogP contribution is 2.32. The molecular weight excluding hydrogens is 368 g/mol. The second-order valence-electron chi connectivity index (χ2n) is 6.69. The van der Waals surface area contributed by atoms with Crippen molar-refractivity contribution in [1.82, 2.24) is 4.57 Å². The summed E-state index contributed by atoms with van der Waals surface area (Å²) in [5.41, 5.74) is 4.15. The van der Waals surface area contributed by atoms with Crippen molar-refractivity contribution in [3.05, 3.63) is 59.3 Å². The lowest BCUT2D eigenvalue weighted by atomic mass is 10.1. The van der Waals surface area contributed by atoms with Crippen molar-refractivity contribution >= 4 is 22.7 Å². The monoisotopic (exact) mass is 390 g/mol. The number of nitriles is 1. The largest absolute Gasteiger partial charge is 0.486 e. The number of carbonyl (C=O) groups excluding carboxylic acids is 2. The van der Waals surface area contributed by atoms with E-state index in [0.29, 0.717) is 16.7 Å². The van der Waals surface area contributed by atoms with Crippen LogP contribution in [0.4, 0.5) is 0 Å². The standard InChI is InChI=1S/C23H22N2O4/c1-4-28-23(27)22-16(3)25(17-7-5-15(2)6-8-17)21-10-9-19(13-20(21)22)29-14-18(26)11-12-24/h5-10,13H,4,11,14H2,1-3H3. The molecule has 3 rings (SSSR count). The Balaban J connectivity index is 2.11. The fourth-order valence-electron chi connectivity index (χ4n) is 3.28. The molecule has 0 aliphatic heterocycles. The predicted molar refractivity (Wildman–Crippen MR) is 109 cm³/mol. The SMILES string of the molecule is CCOC(=O)c1c(C)n(-c2ccc(C)cc2)c2ccc(OCC(=O)CC#N)cc12. The molecule has 1 heterocycles. The zero-order valence-corrected chi connectivity index (χ0v) is 16.7. The number of Topliss-reactive ketones (excluding diaryl/α,β-unsaturated/α-hetero) is 1. The third-order valence-corrected chi connectivity index (χ3v) is 4.62. The van der Waals surface area contributed by atoms with Crippen molar-refractivity contribution < 1.29 is 19.1 Å². The molecule has 0 saturated carbocycles. The van der Waals surface area contributed by atoms with E-state index in [1.54, 1.807) is 19.1 Å². The number of esters is 1. The van der Waals surface area contributed by atoms with Crippen LogP contribution in [0.25, 0.3) is 16.6 Å². The summed E-state index contributed by atoms with van der Waals surface area (Å²) in [6.45, 7) is 5.75. The van der Waals surface area contributed by atoms with Gasteiger partial charge in [0, 0.05) is 16.8 Å². The Bertz CT molecular complexity index is 1100. The van der Waals surface area contributed by atoms with Gasteiger partial charge in [-0.2, -0.15) is 5.26 Å². The number of carbonyl (C=O) groups is 2. The molecule has 0 fully saturated rings. The Morgan fingerprint density at radius 2 is 1.83 bits per heavy atom. The molecule has 6 nitrogen and oxygen atoms in total. The fourth-order valence-corrected chi connectivity index (χ4v) is 3.28. The molecule has 0 amide bonds. The van der Waals surface area contributed by atoms with Crippen molar-refractivity contribution in [1.29, 1.82) is 5.26 Å². The quantitative estimate of drug-likeness (QED) is 0.562. The topological polar surface area (TPSA) is 81.3 Å². The second-order valence-corrected chi connectivity index (χ2v) is 6.69. The summed E-state index contributed by atoms with van der Waals surface area (Å²) < 4.78 is 12.8. The van der Waals surface area contributed by atoms with E-state index in [1.165, 1.54) is 0 Å². The minimum Gasteiger partial charge on any atom is -0.486 e. The van der Waals surface area contributed by atoms with Crippen LogP contribution < -0.4 is 4.74 Å². The first-order valence-electron chi connectivity index (χ1n) is 9.37. The zero-order chi connectivity index (χ0) is 21.0. The van der Waals surface area contributed by atoms with E-state index in [9.17, 15) is 9.59 Å². The second kappa shape index (κ2) is 8.61. The normalized spacial score (nSPS) is 10.6. The van der Waals surface area contributed by atoms with E-state index < -0.39 is 5.97 Å². The number of hydrogen-bond donors (Lipinski definition) is 0. The Morgan fingerprint density at radius 1 is 1.10 bits per heavy atom. The maximum atomic E-state index is 12.7. The third kappa shape index (κ3) is 4.14. The van der Waals surface area contributed by atoms with Gasteiger partial charge in [0.15, 0.2) is 5.78 Å². The maximum absolute atomic E-state index is 12.7. The highest BCUT2D eigenvalue weighted by Gasteiger charge is 2.22. The number of rotatable bonds is 7. The van der Waals surface area contributed by atoms with E-state index in [4.69, 9.17) is 14.7 Å². The van der Waals surface area contributed by atoms with Gasteiger partial charge in [-0.1, -0.05) is 17.7 Å². The predicted octanol–water partition coefficient (Wildman–Crippen LogP) is 4.29. The first-order valence-corrected chi connectivity index (χ1v) is 9.37. The molecule has 2 aromatic carbocycles. The summed E-state index contributed by atoms with van der Waals surface area (Å²) in [6, 6.07) is 15.2. The molecule has 0 bridgehead atoms. The van der Waals surface area contributed by atoms with Crippen LogP contribution in [0.1, 0.15) is 35.0 Å². The van der Waals surface area contributed by atoms with Gasteiger partial charge in [-0.05, 0) is 51.1 Å². The van der Waals surface area contributed by atoms with Gasteiger partial charge < -0.3 is 14.0 Å². The first kappa shape index (κ1) is 20.2. The molecule has 0 unspecified atom stereocenters. The lowest BCUT2D eigenvalue weighted by Crippen LogP contribution is -2.10. The number of nitrogens with zero attached hydrogens (tertiary/aromatic N) is 2. The van der Waals surface area contributed by atoms with Gasteiger partial charge in [-0.15, -0.1) is 0 Å². The van der Waals surface area contributed by atoms with Crippen LogP contribution >= 0.6 is 0 Å².